The van der Waals surface area contributed by atoms with Crippen LogP contribution in [0.3, 0.4) is 0 Å². The zero-order valence-electron chi connectivity index (χ0n) is 8.79. The molecule has 0 aliphatic rings. The predicted molar refractivity (Wildman–Crippen MR) is 62.5 cm³/mol. The molecule has 1 amide bonds. The van der Waals surface area contributed by atoms with Crippen molar-refractivity contribution in [2.45, 2.75) is 0 Å². The number of nitrogens with one attached hydrogen (secondary N) is 1. The molecule has 1 aromatic carbocycles. The fraction of sp³-hybridized carbons (Fsp3) is 0. The number of imidazole rings is 1. The monoisotopic (exact) mass is 230 g/mol. The zero-order valence-corrected chi connectivity index (χ0v) is 8.79. The lowest BCUT2D eigenvalue weighted by Gasteiger charge is -1.94. The van der Waals surface area contributed by atoms with Crippen molar-refractivity contribution in [3.05, 3.63) is 41.9 Å². The number of H-pyrrole nitrogens is 1. The summed E-state index contributed by atoms with van der Waals surface area (Å²) in [5.74, 6) is -0.252. The van der Waals surface area contributed by atoms with Gasteiger partial charge in [-0.1, -0.05) is 12.1 Å². The molecule has 1 aromatic heterocycles. The molecule has 0 fully saturated rings. The van der Waals surface area contributed by atoms with Crippen molar-refractivity contribution in [1.82, 2.24) is 9.97 Å². The average Bonchev–Trinajstić information content (AvgIpc) is 2.74. The summed E-state index contributed by atoms with van der Waals surface area (Å²) in [7, 11) is 0. The molecular formula is C11H10N4O2. The number of hydrogen-bond donors (Lipinski definition) is 3. The van der Waals surface area contributed by atoms with Crippen molar-refractivity contribution in [3.63, 3.8) is 0 Å². The van der Waals surface area contributed by atoms with E-state index in [9.17, 15) is 9.90 Å². The quantitative estimate of drug-likeness (QED) is 0.684. The van der Waals surface area contributed by atoms with E-state index >= 15 is 0 Å². The number of nitrogens with zero attached hydrogens (tertiary/aromatic N) is 2. The van der Waals surface area contributed by atoms with Crippen LogP contribution in [-0.4, -0.2) is 27.2 Å². The Hall–Kier alpha value is -2.63. The van der Waals surface area contributed by atoms with E-state index in [-0.39, 0.29) is 17.3 Å². The van der Waals surface area contributed by atoms with Gasteiger partial charge in [0.05, 0.1) is 6.33 Å². The van der Waals surface area contributed by atoms with E-state index in [1.54, 1.807) is 24.3 Å². The van der Waals surface area contributed by atoms with Crippen molar-refractivity contribution in [1.29, 1.82) is 0 Å². The third-order valence-electron chi connectivity index (χ3n) is 2.07. The number of carbonyl (C=O) groups is 1. The molecule has 0 radical (unpaired) electrons. The highest BCUT2D eigenvalue weighted by Gasteiger charge is 2.08. The number of hydrogen-bond acceptors (Lipinski definition) is 4. The number of phenols is 1. The van der Waals surface area contributed by atoms with Crippen LogP contribution in [0.25, 0.3) is 0 Å². The van der Waals surface area contributed by atoms with Gasteiger partial charge in [0.15, 0.2) is 11.5 Å². The minimum absolute atomic E-state index is 0.145. The van der Waals surface area contributed by atoms with Gasteiger partial charge in [-0.15, -0.1) is 0 Å². The summed E-state index contributed by atoms with van der Waals surface area (Å²) in [5, 5.41) is 9.26. The summed E-state index contributed by atoms with van der Waals surface area (Å²) in [6, 6.07) is 6.55. The third kappa shape index (κ3) is 2.49. The van der Waals surface area contributed by atoms with E-state index in [4.69, 9.17) is 5.73 Å². The van der Waals surface area contributed by atoms with Crippen LogP contribution in [0.5, 0.6) is 5.75 Å². The Balaban J connectivity index is 2.26. The average molecular weight is 230 g/mol. The summed E-state index contributed by atoms with van der Waals surface area (Å²) >= 11 is 0. The minimum Gasteiger partial charge on any atom is -0.508 e. The van der Waals surface area contributed by atoms with Gasteiger partial charge in [-0.3, -0.25) is 4.79 Å². The fourth-order valence-corrected chi connectivity index (χ4v) is 1.31. The van der Waals surface area contributed by atoms with Crippen molar-refractivity contribution in [3.8, 4) is 5.75 Å². The van der Waals surface area contributed by atoms with Gasteiger partial charge < -0.3 is 15.8 Å². The van der Waals surface area contributed by atoms with Gasteiger partial charge >= 0.3 is 0 Å². The first-order valence-electron chi connectivity index (χ1n) is 4.83. The molecule has 86 valence electrons. The first-order valence-corrected chi connectivity index (χ1v) is 4.83. The van der Waals surface area contributed by atoms with Crippen LogP contribution in [0, 0.1) is 0 Å². The Kier molecular flexibility index (Phi) is 2.87. The van der Waals surface area contributed by atoms with E-state index in [1.165, 1.54) is 12.5 Å². The number of aromatic amines is 1. The predicted octanol–water partition coefficient (Wildman–Crippen LogP) is 0.965. The van der Waals surface area contributed by atoms with Crippen LogP contribution in [0.2, 0.25) is 0 Å². The second-order valence-electron chi connectivity index (χ2n) is 3.32. The van der Waals surface area contributed by atoms with Crippen molar-refractivity contribution in [2.24, 2.45) is 10.7 Å². The van der Waals surface area contributed by atoms with Crippen LogP contribution < -0.4 is 5.73 Å². The van der Waals surface area contributed by atoms with Gasteiger partial charge in [0, 0.05) is 6.21 Å². The first kappa shape index (κ1) is 10.9. The Labute approximate surface area is 96.8 Å². The minimum atomic E-state index is -0.620. The van der Waals surface area contributed by atoms with E-state index in [2.05, 4.69) is 15.0 Å². The number of aromatic hydroxyl groups is 1. The Bertz CT molecular complexity index is 574. The number of amides is 1. The number of aromatic nitrogens is 2. The van der Waals surface area contributed by atoms with Crippen LogP contribution in [-0.2, 0) is 0 Å². The molecule has 0 spiro atoms. The summed E-state index contributed by atoms with van der Waals surface area (Å²) in [6.07, 6.45) is 2.83. The topological polar surface area (TPSA) is 104 Å². The van der Waals surface area contributed by atoms with Gasteiger partial charge in [0.1, 0.15) is 5.75 Å². The van der Waals surface area contributed by atoms with Crippen LogP contribution in [0.15, 0.2) is 35.6 Å². The van der Waals surface area contributed by atoms with Crippen LogP contribution in [0.4, 0.5) is 5.82 Å². The maximum absolute atomic E-state index is 11.0. The molecule has 2 aromatic rings. The lowest BCUT2D eigenvalue weighted by Crippen LogP contribution is -2.11. The van der Waals surface area contributed by atoms with Crippen molar-refractivity contribution < 1.29 is 9.90 Å². The van der Waals surface area contributed by atoms with Crippen molar-refractivity contribution in [2.75, 3.05) is 0 Å². The SMILES string of the molecule is NC(=O)c1[nH]cnc1/N=C/c1cccc(O)c1. The van der Waals surface area contributed by atoms with Gasteiger partial charge in [-0.25, -0.2) is 9.98 Å². The number of phenolic OH excluding ortho intramolecular Hbond substituents is 1. The molecule has 1 heterocycles. The normalized spacial score (nSPS) is 10.8. The molecule has 0 saturated heterocycles. The Morgan fingerprint density at radius 2 is 2.35 bits per heavy atom. The number of benzene rings is 1. The van der Waals surface area contributed by atoms with E-state index in [0.717, 1.165) is 0 Å². The molecular weight excluding hydrogens is 220 g/mol. The lowest BCUT2D eigenvalue weighted by atomic mass is 10.2. The van der Waals surface area contributed by atoms with Gasteiger partial charge in [0.25, 0.3) is 5.91 Å². The van der Waals surface area contributed by atoms with Gasteiger partial charge in [-0.2, -0.15) is 0 Å². The summed E-state index contributed by atoms with van der Waals surface area (Å²) in [5.41, 5.74) is 5.98. The standard InChI is InChI=1S/C11H10N4O2/c12-10(17)9-11(15-6-14-9)13-5-7-2-1-3-8(16)4-7/h1-6,16H,(H2,12,17)(H,14,15)/b13-5+. The maximum Gasteiger partial charge on any atom is 0.269 e. The number of rotatable bonds is 3. The van der Waals surface area contributed by atoms with Crippen LogP contribution in [0.1, 0.15) is 16.1 Å². The van der Waals surface area contributed by atoms with E-state index in [1.807, 2.05) is 0 Å². The highest BCUT2D eigenvalue weighted by molar-refractivity contribution is 5.96. The molecule has 2 rings (SSSR count). The molecule has 6 nitrogen and oxygen atoms in total. The van der Waals surface area contributed by atoms with E-state index < -0.39 is 5.91 Å². The Morgan fingerprint density at radius 1 is 1.53 bits per heavy atom. The molecule has 0 bridgehead atoms. The number of nitrogens with two attached hydrogens (primary N) is 1. The second-order valence-corrected chi connectivity index (χ2v) is 3.32. The summed E-state index contributed by atoms with van der Waals surface area (Å²) in [4.78, 5) is 21.5. The molecule has 0 saturated carbocycles. The fourth-order valence-electron chi connectivity index (χ4n) is 1.31. The first-order chi connectivity index (χ1) is 8.16. The molecule has 17 heavy (non-hydrogen) atoms. The lowest BCUT2D eigenvalue weighted by molar-refractivity contribution is 0.0997. The third-order valence-corrected chi connectivity index (χ3v) is 2.07. The summed E-state index contributed by atoms with van der Waals surface area (Å²) < 4.78 is 0. The largest absolute Gasteiger partial charge is 0.508 e. The number of aliphatic imine (C=N–C) groups is 1. The van der Waals surface area contributed by atoms with Gasteiger partial charge in [-0.05, 0) is 17.7 Å². The maximum atomic E-state index is 11.0. The highest BCUT2D eigenvalue weighted by Crippen LogP contribution is 2.14. The highest BCUT2D eigenvalue weighted by atomic mass is 16.3. The molecule has 0 atom stereocenters. The molecule has 0 aliphatic carbocycles. The smallest absolute Gasteiger partial charge is 0.269 e. The van der Waals surface area contributed by atoms with E-state index in [0.29, 0.717) is 5.56 Å². The Morgan fingerprint density at radius 3 is 3.06 bits per heavy atom. The number of primary amides is 1. The van der Waals surface area contributed by atoms with Crippen molar-refractivity contribution >= 4 is 17.9 Å². The zero-order chi connectivity index (χ0) is 12.3. The molecule has 4 N–H and O–H groups in total. The number of carbonyl (C=O) groups excluding carboxylic acids is 1. The molecule has 0 unspecified atom stereocenters. The van der Waals surface area contributed by atoms with Crippen LogP contribution >= 0.6 is 0 Å². The molecule has 6 heteroatoms. The molecule has 0 aliphatic heterocycles. The van der Waals surface area contributed by atoms with Gasteiger partial charge in [0.2, 0.25) is 0 Å². The second kappa shape index (κ2) is 4.48. The summed E-state index contributed by atoms with van der Waals surface area (Å²) in [6.45, 7) is 0.